The molecule has 0 unspecified atom stereocenters. The molecular weight excluding hydrogens is 447 g/mol. The smallest absolute Gasteiger partial charge is 0.323 e. The van der Waals surface area contributed by atoms with Gasteiger partial charge in [-0.15, -0.1) is 0 Å². The Morgan fingerprint density at radius 1 is 1.14 bits per heavy atom. The second-order valence-corrected chi connectivity index (χ2v) is 6.57. The average molecular weight is 463 g/mol. The summed E-state index contributed by atoms with van der Waals surface area (Å²) in [4.78, 5) is 12.3. The topological polar surface area (TPSA) is 108 Å². The molecule has 2 amide bonds. The van der Waals surface area contributed by atoms with Gasteiger partial charge in [0.25, 0.3) is 0 Å². The monoisotopic (exact) mass is 462 g/mol. The lowest BCUT2D eigenvalue weighted by Crippen LogP contribution is -2.22. The highest BCUT2D eigenvalue weighted by molar-refractivity contribution is 9.10. The molecule has 0 saturated heterocycles. The van der Waals surface area contributed by atoms with E-state index in [-0.39, 0.29) is 21.6 Å². The number of carbonyl (C=O) groups is 1. The fraction of sp³-hybridized carbons (Fsp3) is 0.0526. The summed E-state index contributed by atoms with van der Waals surface area (Å²) in [5.41, 5.74) is 1.52. The van der Waals surface area contributed by atoms with Crippen LogP contribution in [0, 0.1) is 5.82 Å². The van der Waals surface area contributed by atoms with Crippen molar-refractivity contribution in [1.29, 1.82) is 0 Å². The molecule has 3 aromatic rings. The van der Waals surface area contributed by atoms with E-state index in [1.807, 2.05) is 0 Å². The third-order valence-corrected chi connectivity index (χ3v) is 4.38. The zero-order valence-electron chi connectivity index (χ0n) is 15.1. The Morgan fingerprint density at radius 3 is 2.66 bits per heavy atom. The number of urea groups is 1. The SMILES string of the molecule is COc1cccc(NC(=O)Nc2cocc2/C(=N/O)Nc2ccc(F)c(Br)c2)c1. The first kappa shape index (κ1) is 20.2. The van der Waals surface area contributed by atoms with E-state index in [1.54, 1.807) is 24.3 Å². The number of furan rings is 1. The summed E-state index contributed by atoms with van der Waals surface area (Å²) in [7, 11) is 1.53. The molecule has 0 spiro atoms. The third kappa shape index (κ3) is 5.05. The van der Waals surface area contributed by atoms with Crippen molar-refractivity contribution in [3.05, 3.63) is 70.8 Å². The second-order valence-electron chi connectivity index (χ2n) is 5.71. The van der Waals surface area contributed by atoms with E-state index in [2.05, 4.69) is 37.0 Å². The molecule has 0 aliphatic carbocycles. The predicted octanol–water partition coefficient (Wildman–Crippen LogP) is 5.08. The molecule has 3 rings (SSSR count). The second kappa shape index (κ2) is 9.11. The Bertz CT molecular complexity index is 1050. The zero-order valence-corrected chi connectivity index (χ0v) is 16.7. The van der Waals surface area contributed by atoms with Crippen molar-refractivity contribution in [3.63, 3.8) is 0 Å². The molecule has 1 aromatic heterocycles. The molecule has 0 aliphatic heterocycles. The van der Waals surface area contributed by atoms with Crippen LogP contribution in [-0.2, 0) is 0 Å². The molecule has 8 nitrogen and oxygen atoms in total. The van der Waals surface area contributed by atoms with Gasteiger partial charge in [0.15, 0.2) is 5.84 Å². The third-order valence-electron chi connectivity index (χ3n) is 3.78. The summed E-state index contributed by atoms with van der Waals surface area (Å²) in [5.74, 6) is 0.156. The van der Waals surface area contributed by atoms with Crippen molar-refractivity contribution in [3.8, 4) is 5.75 Å². The summed E-state index contributed by atoms with van der Waals surface area (Å²) in [5, 5.41) is 20.7. The number of ether oxygens (including phenoxy) is 1. The summed E-state index contributed by atoms with van der Waals surface area (Å²) >= 11 is 3.09. The Morgan fingerprint density at radius 2 is 1.93 bits per heavy atom. The Kier molecular flexibility index (Phi) is 6.35. The maximum absolute atomic E-state index is 13.4. The van der Waals surface area contributed by atoms with E-state index in [4.69, 9.17) is 9.15 Å². The number of hydrogen-bond donors (Lipinski definition) is 4. The first-order valence-electron chi connectivity index (χ1n) is 8.23. The lowest BCUT2D eigenvalue weighted by molar-refractivity contribution is 0.262. The number of rotatable bonds is 5. The highest BCUT2D eigenvalue weighted by Gasteiger charge is 2.16. The summed E-state index contributed by atoms with van der Waals surface area (Å²) in [6.07, 6.45) is 2.58. The molecule has 1 heterocycles. The van der Waals surface area contributed by atoms with Crippen molar-refractivity contribution in [2.75, 3.05) is 23.1 Å². The van der Waals surface area contributed by atoms with E-state index in [0.717, 1.165) is 0 Å². The van der Waals surface area contributed by atoms with Crippen LogP contribution in [0.3, 0.4) is 0 Å². The van der Waals surface area contributed by atoms with Crippen molar-refractivity contribution in [2.24, 2.45) is 5.16 Å². The molecule has 10 heteroatoms. The van der Waals surface area contributed by atoms with Crippen molar-refractivity contribution in [2.45, 2.75) is 0 Å². The number of nitrogens with zero attached hydrogens (tertiary/aromatic N) is 1. The average Bonchev–Trinajstić information content (AvgIpc) is 3.16. The van der Waals surface area contributed by atoms with E-state index >= 15 is 0 Å². The molecule has 0 atom stereocenters. The molecule has 29 heavy (non-hydrogen) atoms. The zero-order chi connectivity index (χ0) is 20.8. The quantitative estimate of drug-likeness (QED) is 0.183. The highest BCUT2D eigenvalue weighted by Crippen LogP contribution is 2.23. The number of anilines is 3. The molecule has 4 N–H and O–H groups in total. The fourth-order valence-corrected chi connectivity index (χ4v) is 2.80. The predicted molar refractivity (Wildman–Crippen MR) is 110 cm³/mol. The molecule has 0 aliphatic rings. The molecular formula is C19H16BrFN4O4. The van der Waals surface area contributed by atoms with Gasteiger partial charge in [-0.3, -0.25) is 0 Å². The van der Waals surface area contributed by atoms with Crippen LogP contribution in [0.4, 0.5) is 26.2 Å². The van der Waals surface area contributed by atoms with Crippen LogP contribution >= 0.6 is 15.9 Å². The maximum Gasteiger partial charge on any atom is 0.323 e. The fourth-order valence-electron chi connectivity index (χ4n) is 2.42. The summed E-state index contributed by atoms with van der Waals surface area (Å²) < 4.78 is 23.9. The van der Waals surface area contributed by atoms with Gasteiger partial charge in [0.05, 0.1) is 22.8 Å². The van der Waals surface area contributed by atoms with E-state index < -0.39 is 11.8 Å². The molecule has 2 aromatic carbocycles. The largest absolute Gasteiger partial charge is 0.497 e. The van der Waals surface area contributed by atoms with Gasteiger partial charge in [-0.1, -0.05) is 11.2 Å². The van der Waals surface area contributed by atoms with Gasteiger partial charge in [-0.05, 0) is 46.3 Å². The maximum atomic E-state index is 13.4. The number of methoxy groups -OCH3 is 1. The summed E-state index contributed by atoms with van der Waals surface area (Å²) in [6, 6.07) is 10.5. The number of halogens is 2. The van der Waals surface area contributed by atoms with Crippen molar-refractivity contribution >= 4 is 44.9 Å². The highest BCUT2D eigenvalue weighted by atomic mass is 79.9. The standard InChI is InChI=1S/C19H16BrFN4O4/c1-28-13-4-2-3-11(7-13)23-19(26)24-17-10-29-9-14(17)18(25-27)22-12-5-6-16(21)15(20)8-12/h2-10,27H,1H3,(H,22,25)(H2,23,24,26). The lowest BCUT2D eigenvalue weighted by Gasteiger charge is -2.11. The Hall–Kier alpha value is -3.53. The van der Waals surface area contributed by atoms with Crippen LogP contribution in [0.2, 0.25) is 0 Å². The number of oxime groups is 1. The van der Waals surface area contributed by atoms with Gasteiger partial charge in [-0.2, -0.15) is 0 Å². The van der Waals surface area contributed by atoms with E-state index in [0.29, 0.717) is 17.1 Å². The van der Waals surface area contributed by atoms with E-state index in [1.165, 1.54) is 37.8 Å². The van der Waals surface area contributed by atoms with Crippen LogP contribution in [0.5, 0.6) is 5.75 Å². The molecule has 0 bridgehead atoms. The minimum Gasteiger partial charge on any atom is -0.497 e. The number of hydrogen-bond acceptors (Lipinski definition) is 5. The number of carbonyl (C=O) groups excluding carboxylic acids is 1. The first-order chi connectivity index (χ1) is 14.0. The molecule has 0 radical (unpaired) electrons. The van der Waals surface area contributed by atoms with Gasteiger partial charge >= 0.3 is 6.03 Å². The first-order valence-corrected chi connectivity index (χ1v) is 9.02. The lowest BCUT2D eigenvalue weighted by atomic mass is 10.2. The Balaban J connectivity index is 1.73. The Labute approximate surface area is 173 Å². The number of benzene rings is 2. The van der Waals surface area contributed by atoms with Gasteiger partial charge in [-0.25, -0.2) is 9.18 Å². The van der Waals surface area contributed by atoms with Crippen LogP contribution in [0.15, 0.2) is 69.0 Å². The molecule has 0 fully saturated rings. The van der Waals surface area contributed by atoms with Crippen molar-refractivity contribution < 1.29 is 23.5 Å². The van der Waals surface area contributed by atoms with Crippen molar-refractivity contribution in [1.82, 2.24) is 0 Å². The van der Waals surface area contributed by atoms with Crippen LogP contribution in [-0.4, -0.2) is 24.2 Å². The van der Waals surface area contributed by atoms with Gasteiger partial charge in [0.2, 0.25) is 0 Å². The van der Waals surface area contributed by atoms with Gasteiger partial charge < -0.3 is 30.3 Å². The van der Waals surface area contributed by atoms with Gasteiger partial charge in [0.1, 0.15) is 24.1 Å². The number of amides is 2. The summed E-state index contributed by atoms with van der Waals surface area (Å²) in [6.45, 7) is 0. The van der Waals surface area contributed by atoms with Crippen LogP contribution < -0.4 is 20.7 Å². The number of nitrogens with one attached hydrogen (secondary N) is 3. The normalized spacial score (nSPS) is 11.1. The molecule has 0 saturated carbocycles. The van der Waals surface area contributed by atoms with E-state index in [9.17, 15) is 14.4 Å². The minimum atomic E-state index is -0.539. The minimum absolute atomic E-state index is 0.00561. The number of amidine groups is 1. The van der Waals surface area contributed by atoms with Gasteiger partial charge in [0, 0.05) is 17.4 Å². The molecule has 150 valence electrons. The van der Waals surface area contributed by atoms with Crippen LogP contribution in [0.1, 0.15) is 5.56 Å². The van der Waals surface area contributed by atoms with Crippen LogP contribution in [0.25, 0.3) is 0 Å².